The molecule has 0 atom stereocenters. The monoisotopic (exact) mass is 311 g/mol. The lowest BCUT2D eigenvalue weighted by Gasteiger charge is -2.06. The first-order chi connectivity index (χ1) is 11.0. The zero-order valence-electron chi connectivity index (χ0n) is 12.8. The van der Waals surface area contributed by atoms with Crippen LogP contribution in [0.3, 0.4) is 0 Å². The number of aromatic hydroxyl groups is 1. The van der Waals surface area contributed by atoms with Crippen molar-refractivity contribution >= 4 is 23.7 Å². The third-order valence-corrected chi connectivity index (χ3v) is 3.22. The third-order valence-electron chi connectivity index (χ3n) is 3.22. The van der Waals surface area contributed by atoms with E-state index in [1.807, 2.05) is 19.9 Å². The zero-order chi connectivity index (χ0) is 16.8. The first-order valence-corrected chi connectivity index (χ1v) is 6.96. The number of nitrogens with one attached hydrogen (secondary N) is 2. The van der Waals surface area contributed by atoms with Crippen LogP contribution < -0.4 is 10.7 Å². The first kappa shape index (κ1) is 16.2. The molecule has 2 amide bonds. The lowest BCUT2D eigenvalue weighted by molar-refractivity contribution is -0.136. The molecule has 23 heavy (non-hydrogen) atoms. The van der Waals surface area contributed by atoms with Gasteiger partial charge in [0.2, 0.25) is 0 Å². The maximum atomic E-state index is 11.8. The number of hydrogen-bond donors (Lipinski definition) is 3. The Balaban J connectivity index is 1.92. The SMILES string of the molecule is Cc1ccc(NC(=O)C(=O)N/N=C\c2cccc(O)c2)cc1C. The minimum Gasteiger partial charge on any atom is -0.508 e. The lowest BCUT2D eigenvalue weighted by atomic mass is 10.1. The van der Waals surface area contributed by atoms with Crippen LogP contribution in [-0.2, 0) is 9.59 Å². The third kappa shape index (κ3) is 4.67. The fourth-order valence-corrected chi connectivity index (χ4v) is 1.83. The zero-order valence-corrected chi connectivity index (χ0v) is 12.8. The van der Waals surface area contributed by atoms with Crippen LogP contribution in [0.4, 0.5) is 5.69 Å². The topological polar surface area (TPSA) is 90.8 Å². The molecule has 0 aliphatic rings. The van der Waals surface area contributed by atoms with E-state index in [9.17, 15) is 14.7 Å². The van der Waals surface area contributed by atoms with Crippen LogP contribution in [0.15, 0.2) is 47.6 Å². The molecule has 118 valence electrons. The number of hydrogen-bond acceptors (Lipinski definition) is 4. The Bertz CT molecular complexity index is 769. The van der Waals surface area contributed by atoms with E-state index in [1.54, 1.807) is 24.3 Å². The van der Waals surface area contributed by atoms with Crippen molar-refractivity contribution in [3.05, 3.63) is 59.2 Å². The van der Waals surface area contributed by atoms with Crippen LogP contribution in [0.1, 0.15) is 16.7 Å². The van der Waals surface area contributed by atoms with Crippen LogP contribution >= 0.6 is 0 Å². The maximum absolute atomic E-state index is 11.8. The van der Waals surface area contributed by atoms with Crippen LogP contribution in [-0.4, -0.2) is 23.1 Å². The number of hydrazone groups is 1. The minimum atomic E-state index is -0.875. The Labute approximate surface area is 133 Å². The van der Waals surface area contributed by atoms with E-state index in [4.69, 9.17) is 0 Å². The predicted molar refractivity (Wildman–Crippen MR) is 88.4 cm³/mol. The summed E-state index contributed by atoms with van der Waals surface area (Å²) in [7, 11) is 0. The second-order valence-electron chi connectivity index (χ2n) is 5.05. The summed E-state index contributed by atoms with van der Waals surface area (Å²) in [5, 5.41) is 15.5. The van der Waals surface area contributed by atoms with Gasteiger partial charge in [0.25, 0.3) is 0 Å². The van der Waals surface area contributed by atoms with E-state index in [-0.39, 0.29) is 5.75 Å². The number of rotatable bonds is 3. The van der Waals surface area contributed by atoms with Crippen LogP contribution in [0, 0.1) is 13.8 Å². The Kier molecular flexibility index (Phi) is 5.09. The molecule has 3 N–H and O–H groups in total. The van der Waals surface area contributed by atoms with Crippen molar-refractivity contribution in [3.63, 3.8) is 0 Å². The number of phenols is 1. The van der Waals surface area contributed by atoms with E-state index < -0.39 is 11.8 Å². The standard InChI is InChI=1S/C17H17N3O3/c1-11-6-7-14(8-12(11)2)19-16(22)17(23)20-18-10-13-4-3-5-15(21)9-13/h3-10,21H,1-2H3,(H,19,22)(H,20,23)/b18-10-. The molecular formula is C17H17N3O3. The van der Waals surface area contributed by atoms with Crippen molar-refractivity contribution < 1.29 is 14.7 Å². The summed E-state index contributed by atoms with van der Waals surface area (Å²) < 4.78 is 0. The largest absolute Gasteiger partial charge is 0.508 e. The molecule has 0 radical (unpaired) electrons. The van der Waals surface area contributed by atoms with Gasteiger partial charge in [0, 0.05) is 5.69 Å². The van der Waals surface area contributed by atoms with Crippen LogP contribution in [0.2, 0.25) is 0 Å². The van der Waals surface area contributed by atoms with Gasteiger partial charge >= 0.3 is 11.8 Å². The minimum absolute atomic E-state index is 0.0905. The second-order valence-corrected chi connectivity index (χ2v) is 5.05. The summed E-state index contributed by atoms with van der Waals surface area (Å²) in [5.74, 6) is -1.59. The Morgan fingerprint density at radius 2 is 1.83 bits per heavy atom. The van der Waals surface area contributed by atoms with Gasteiger partial charge in [-0.05, 0) is 54.8 Å². The molecule has 0 saturated carbocycles. The van der Waals surface area contributed by atoms with Gasteiger partial charge in [-0.3, -0.25) is 9.59 Å². The van der Waals surface area contributed by atoms with Gasteiger partial charge in [-0.1, -0.05) is 18.2 Å². The molecule has 6 nitrogen and oxygen atoms in total. The maximum Gasteiger partial charge on any atom is 0.329 e. The molecule has 2 rings (SSSR count). The predicted octanol–water partition coefficient (Wildman–Crippen LogP) is 2.10. The molecule has 0 aromatic heterocycles. The number of aryl methyl sites for hydroxylation is 2. The van der Waals surface area contributed by atoms with Crippen molar-refractivity contribution in [3.8, 4) is 5.75 Å². The number of anilines is 1. The summed E-state index contributed by atoms with van der Waals surface area (Å²) in [6, 6.07) is 11.7. The Morgan fingerprint density at radius 3 is 2.52 bits per heavy atom. The molecule has 0 saturated heterocycles. The average Bonchev–Trinajstić information content (AvgIpc) is 2.51. The fourth-order valence-electron chi connectivity index (χ4n) is 1.83. The van der Waals surface area contributed by atoms with Crippen LogP contribution in [0.5, 0.6) is 5.75 Å². The van der Waals surface area contributed by atoms with Gasteiger partial charge in [-0.2, -0.15) is 5.10 Å². The lowest BCUT2D eigenvalue weighted by Crippen LogP contribution is -2.32. The molecule has 0 bridgehead atoms. The van der Waals surface area contributed by atoms with Crippen LogP contribution in [0.25, 0.3) is 0 Å². The number of amides is 2. The molecule has 6 heteroatoms. The molecule has 2 aromatic carbocycles. The van der Waals surface area contributed by atoms with Gasteiger partial charge in [0.15, 0.2) is 0 Å². The van der Waals surface area contributed by atoms with Gasteiger partial charge < -0.3 is 10.4 Å². The highest BCUT2D eigenvalue weighted by atomic mass is 16.3. The molecule has 0 heterocycles. The molecule has 0 fully saturated rings. The first-order valence-electron chi connectivity index (χ1n) is 6.96. The van der Waals surface area contributed by atoms with Crippen molar-refractivity contribution in [1.82, 2.24) is 5.43 Å². The number of nitrogens with zero attached hydrogens (tertiary/aromatic N) is 1. The van der Waals surface area contributed by atoms with E-state index in [0.29, 0.717) is 11.3 Å². The number of carbonyl (C=O) groups is 2. The summed E-state index contributed by atoms with van der Waals surface area (Å²) >= 11 is 0. The molecule has 0 aliphatic heterocycles. The highest BCUT2D eigenvalue weighted by molar-refractivity contribution is 6.39. The quantitative estimate of drug-likeness (QED) is 0.460. The van der Waals surface area contributed by atoms with E-state index in [2.05, 4.69) is 15.8 Å². The van der Waals surface area contributed by atoms with E-state index in [1.165, 1.54) is 18.3 Å². The van der Waals surface area contributed by atoms with Gasteiger partial charge in [-0.15, -0.1) is 0 Å². The van der Waals surface area contributed by atoms with Crippen molar-refractivity contribution in [2.24, 2.45) is 5.10 Å². The van der Waals surface area contributed by atoms with E-state index >= 15 is 0 Å². The van der Waals surface area contributed by atoms with Crippen molar-refractivity contribution in [2.75, 3.05) is 5.32 Å². The highest BCUT2D eigenvalue weighted by Gasteiger charge is 2.12. The Hall–Kier alpha value is -3.15. The molecule has 2 aromatic rings. The summed E-state index contributed by atoms with van der Waals surface area (Å²) in [5.41, 5.74) is 5.40. The van der Waals surface area contributed by atoms with Gasteiger partial charge in [0.1, 0.15) is 5.75 Å². The smallest absolute Gasteiger partial charge is 0.329 e. The number of benzene rings is 2. The molecule has 0 spiro atoms. The highest BCUT2D eigenvalue weighted by Crippen LogP contribution is 2.14. The normalized spacial score (nSPS) is 10.5. The summed E-state index contributed by atoms with van der Waals surface area (Å²) in [4.78, 5) is 23.4. The molecule has 0 unspecified atom stereocenters. The van der Waals surface area contributed by atoms with Gasteiger partial charge in [-0.25, -0.2) is 5.43 Å². The molecule has 0 aliphatic carbocycles. The van der Waals surface area contributed by atoms with E-state index in [0.717, 1.165) is 11.1 Å². The summed E-state index contributed by atoms with van der Waals surface area (Å²) in [6.07, 6.45) is 1.33. The number of carbonyl (C=O) groups excluding carboxylic acids is 2. The van der Waals surface area contributed by atoms with Crippen molar-refractivity contribution in [1.29, 1.82) is 0 Å². The second kappa shape index (κ2) is 7.22. The Morgan fingerprint density at radius 1 is 1.04 bits per heavy atom. The number of phenolic OH excluding ortho intramolecular Hbond substituents is 1. The van der Waals surface area contributed by atoms with Crippen molar-refractivity contribution in [2.45, 2.75) is 13.8 Å². The average molecular weight is 311 g/mol. The van der Waals surface area contributed by atoms with Gasteiger partial charge in [0.05, 0.1) is 6.21 Å². The molecular weight excluding hydrogens is 294 g/mol. The summed E-state index contributed by atoms with van der Waals surface area (Å²) in [6.45, 7) is 3.88. The fraction of sp³-hybridized carbons (Fsp3) is 0.118.